The summed E-state index contributed by atoms with van der Waals surface area (Å²) < 4.78 is 0. The quantitative estimate of drug-likeness (QED) is 0.372. The first kappa shape index (κ1) is 20.5. The molecule has 0 atom stereocenters. The topological polar surface area (TPSA) is 0 Å². The molecule has 0 aliphatic rings. The summed E-state index contributed by atoms with van der Waals surface area (Å²) in [6, 6.07) is 11.5. The normalized spacial score (nSPS) is 9.39. The van der Waals surface area contributed by atoms with Crippen molar-refractivity contribution in [2.24, 2.45) is 0 Å². The van der Waals surface area contributed by atoms with E-state index in [0.717, 1.165) is 0 Å². The molecule has 0 N–H and O–H groups in total. The van der Waals surface area contributed by atoms with Crippen LogP contribution in [0.3, 0.4) is 0 Å². The standard InChI is InChI=1S/C16H25.ClH.Zn/c1-2-3-4-5-6-7-8-10-13-16-14-11-9-12-15-16;;/h11-12,14-15H,2-8,10,13H2,1H3;1H;/q-1;;+2/p-1. The van der Waals surface area contributed by atoms with Crippen molar-refractivity contribution in [2.45, 2.75) is 64.7 Å². The smallest absolute Gasteiger partial charge is 1.00 e. The van der Waals surface area contributed by atoms with Crippen molar-refractivity contribution in [1.82, 2.24) is 0 Å². The molecule has 1 aromatic rings. The summed E-state index contributed by atoms with van der Waals surface area (Å²) in [6.45, 7) is 2.28. The summed E-state index contributed by atoms with van der Waals surface area (Å²) in [6.07, 6.45) is 12.5. The Bertz CT molecular complexity index is 249. The summed E-state index contributed by atoms with van der Waals surface area (Å²) in [5.74, 6) is 0. The summed E-state index contributed by atoms with van der Waals surface area (Å²) in [4.78, 5) is 0. The molecule has 18 heavy (non-hydrogen) atoms. The van der Waals surface area contributed by atoms with Crippen LogP contribution in [0.5, 0.6) is 0 Å². The number of unbranched alkanes of at least 4 members (excludes halogenated alkanes) is 7. The molecule has 0 unspecified atom stereocenters. The molecule has 0 nitrogen and oxygen atoms in total. The van der Waals surface area contributed by atoms with Crippen LogP contribution in [0.2, 0.25) is 0 Å². The average Bonchev–Trinajstić information content (AvgIpc) is 2.34. The van der Waals surface area contributed by atoms with E-state index in [1.165, 1.54) is 63.4 Å². The Morgan fingerprint density at radius 2 is 1.33 bits per heavy atom. The summed E-state index contributed by atoms with van der Waals surface area (Å²) in [7, 11) is 0. The summed E-state index contributed by atoms with van der Waals surface area (Å²) in [5, 5.41) is 0. The van der Waals surface area contributed by atoms with E-state index in [1.54, 1.807) is 0 Å². The van der Waals surface area contributed by atoms with Crippen LogP contribution in [-0.2, 0) is 25.9 Å². The molecule has 1 aromatic carbocycles. The fourth-order valence-corrected chi connectivity index (χ4v) is 2.05. The van der Waals surface area contributed by atoms with Crippen LogP contribution in [0.15, 0.2) is 24.3 Å². The van der Waals surface area contributed by atoms with E-state index in [-0.39, 0.29) is 31.9 Å². The van der Waals surface area contributed by atoms with E-state index in [4.69, 9.17) is 0 Å². The van der Waals surface area contributed by atoms with Gasteiger partial charge in [0.15, 0.2) is 0 Å². The fourth-order valence-electron chi connectivity index (χ4n) is 2.05. The van der Waals surface area contributed by atoms with Gasteiger partial charge >= 0.3 is 19.5 Å². The fraction of sp³-hybridized carbons (Fsp3) is 0.625. The SMILES string of the molecule is CCCCCCCCCCc1cc[c-]cc1.[Cl-].[Zn+2]. The Labute approximate surface area is 132 Å². The second kappa shape index (κ2) is 15.2. The summed E-state index contributed by atoms with van der Waals surface area (Å²) in [5.41, 5.74) is 1.46. The van der Waals surface area contributed by atoms with Crippen LogP contribution in [0.4, 0.5) is 0 Å². The largest absolute Gasteiger partial charge is 2.00 e. The zero-order chi connectivity index (χ0) is 11.5. The zero-order valence-electron chi connectivity index (χ0n) is 11.8. The molecule has 0 radical (unpaired) electrons. The maximum Gasteiger partial charge on any atom is 2.00 e. The molecule has 0 aliphatic carbocycles. The Kier molecular flexibility index (Phi) is 17.3. The Hall–Kier alpha value is 0.133. The van der Waals surface area contributed by atoms with Gasteiger partial charge in [-0.05, 0) is 0 Å². The molecule has 1 rings (SSSR count). The monoisotopic (exact) mass is 316 g/mol. The van der Waals surface area contributed by atoms with Crippen molar-refractivity contribution in [3.8, 4) is 0 Å². The maximum atomic E-state index is 3.06. The van der Waals surface area contributed by atoms with Crippen molar-refractivity contribution in [3.05, 3.63) is 35.9 Å². The zero-order valence-corrected chi connectivity index (χ0v) is 15.5. The molecule has 0 saturated carbocycles. The van der Waals surface area contributed by atoms with Gasteiger partial charge in [-0.1, -0.05) is 64.7 Å². The Balaban J connectivity index is 0. The predicted octanol–water partition coefficient (Wildman–Crippen LogP) is 2.17. The Morgan fingerprint density at radius 1 is 0.833 bits per heavy atom. The average molecular weight is 318 g/mol. The summed E-state index contributed by atoms with van der Waals surface area (Å²) >= 11 is 0. The minimum absolute atomic E-state index is 0. The molecule has 98 valence electrons. The number of rotatable bonds is 9. The van der Waals surface area contributed by atoms with E-state index in [2.05, 4.69) is 25.1 Å². The first-order chi connectivity index (χ1) is 7.93. The number of halogens is 1. The molecule has 0 fully saturated rings. The third-order valence-electron chi connectivity index (χ3n) is 3.11. The second-order valence-electron chi connectivity index (χ2n) is 4.63. The Morgan fingerprint density at radius 3 is 1.89 bits per heavy atom. The molecule has 0 aromatic heterocycles. The van der Waals surface area contributed by atoms with E-state index in [1.807, 2.05) is 12.1 Å². The third-order valence-corrected chi connectivity index (χ3v) is 3.11. The van der Waals surface area contributed by atoms with E-state index < -0.39 is 0 Å². The van der Waals surface area contributed by atoms with Gasteiger partial charge in [-0.3, -0.25) is 0 Å². The van der Waals surface area contributed by atoms with Crippen molar-refractivity contribution in [2.75, 3.05) is 0 Å². The van der Waals surface area contributed by atoms with Crippen molar-refractivity contribution in [3.63, 3.8) is 0 Å². The van der Waals surface area contributed by atoms with Crippen LogP contribution >= 0.6 is 0 Å². The first-order valence-electron chi connectivity index (χ1n) is 6.88. The molecule has 0 bridgehead atoms. The number of hydrogen-bond donors (Lipinski definition) is 0. The third kappa shape index (κ3) is 11.2. The van der Waals surface area contributed by atoms with Gasteiger partial charge in [-0.25, -0.2) is 0 Å². The van der Waals surface area contributed by atoms with Crippen LogP contribution in [0, 0.1) is 6.07 Å². The van der Waals surface area contributed by atoms with Gasteiger partial charge in [-0.15, -0.1) is 0 Å². The van der Waals surface area contributed by atoms with E-state index >= 15 is 0 Å². The van der Waals surface area contributed by atoms with E-state index in [0.29, 0.717) is 0 Å². The maximum absolute atomic E-state index is 3.06. The van der Waals surface area contributed by atoms with Crippen LogP contribution in [0.25, 0.3) is 0 Å². The molecule has 0 heterocycles. The molecule has 2 heteroatoms. The van der Waals surface area contributed by atoms with Crippen LogP contribution in [-0.4, -0.2) is 0 Å². The van der Waals surface area contributed by atoms with Gasteiger partial charge in [0.2, 0.25) is 0 Å². The van der Waals surface area contributed by atoms with Gasteiger partial charge in [0.05, 0.1) is 0 Å². The molecular formula is C16H25ClZn. The number of benzene rings is 1. The molecule has 0 amide bonds. The van der Waals surface area contributed by atoms with Gasteiger partial charge < -0.3 is 12.4 Å². The molecule has 0 aliphatic heterocycles. The van der Waals surface area contributed by atoms with Crippen molar-refractivity contribution in [1.29, 1.82) is 0 Å². The van der Waals surface area contributed by atoms with Gasteiger partial charge in [-0.2, -0.15) is 35.9 Å². The molecule has 0 saturated heterocycles. The number of aryl methyl sites for hydroxylation is 1. The van der Waals surface area contributed by atoms with Crippen molar-refractivity contribution >= 4 is 0 Å². The van der Waals surface area contributed by atoms with Crippen LogP contribution < -0.4 is 12.4 Å². The van der Waals surface area contributed by atoms with Gasteiger partial charge in [0.1, 0.15) is 0 Å². The predicted molar refractivity (Wildman–Crippen MR) is 71.6 cm³/mol. The van der Waals surface area contributed by atoms with E-state index in [9.17, 15) is 0 Å². The van der Waals surface area contributed by atoms with Crippen LogP contribution in [0.1, 0.15) is 63.9 Å². The van der Waals surface area contributed by atoms with Gasteiger partial charge in [0, 0.05) is 0 Å². The minimum Gasteiger partial charge on any atom is -1.00 e. The van der Waals surface area contributed by atoms with Gasteiger partial charge in [0.25, 0.3) is 0 Å². The molecule has 0 spiro atoms. The van der Waals surface area contributed by atoms with Crippen molar-refractivity contribution < 1.29 is 31.9 Å². The minimum atomic E-state index is 0. The second-order valence-corrected chi connectivity index (χ2v) is 4.63. The molecular weight excluding hydrogens is 293 g/mol. The first-order valence-corrected chi connectivity index (χ1v) is 6.88. The number of hydrogen-bond acceptors (Lipinski definition) is 0.